The number of nitrogens with one attached hydrogen (secondary N) is 1. The van der Waals surface area contributed by atoms with Crippen LogP contribution < -0.4 is 14.8 Å². The first-order valence-electron chi connectivity index (χ1n) is 7.99. The number of para-hydroxylation sites is 2. The number of benzene rings is 1. The predicted octanol–water partition coefficient (Wildman–Crippen LogP) is 3.13. The average molecular weight is 330 g/mol. The first kappa shape index (κ1) is 16.2. The molecule has 0 aliphatic carbocycles. The molecular weight excluding hydrogens is 308 g/mol. The molecule has 1 aliphatic rings. The Morgan fingerprint density at radius 2 is 2.04 bits per heavy atom. The fourth-order valence-electron chi connectivity index (χ4n) is 2.59. The van der Waals surface area contributed by atoms with Crippen molar-refractivity contribution in [1.82, 2.24) is 10.2 Å². The molecule has 0 bridgehead atoms. The standard InChI is InChI=1S/C18H22N2O4/c1-12-8-9-15(23-12)13(2)19-18(21)20(3)10-14-11-22-16-6-4-5-7-17(16)24-14/h4-9,13-14H,10-11H2,1-3H3,(H,19,21)/t13-,14-/m0/s1. The molecule has 6 heteroatoms. The normalized spacial score (nSPS) is 17.2. The highest BCUT2D eigenvalue weighted by molar-refractivity contribution is 5.74. The Morgan fingerprint density at radius 3 is 2.75 bits per heavy atom. The predicted molar refractivity (Wildman–Crippen MR) is 89.4 cm³/mol. The van der Waals surface area contributed by atoms with E-state index < -0.39 is 0 Å². The van der Waals surface area contributed by atoms with E-state index in [4.69, 9.17) is 13.9 Å². The monoisotopic (exact) mass is 330 g/mol. The Morgan fingerprint density at radius 1 is 1.29 bits per heavy atom. The molecule has 3 rings (SSSR count). The summed E-state index contributed by atoms with van der Waals surface area (Å²) in [7, 11) is 1.74. The summed E-state index contributed by atoms with van der Waals surface area (Å²) >= 11 is 0. The maximum Gasteiger partial charge on any atom is 0.317 e. The van der Waals surface area contributed by atoms with E-state index in [1.807, 2.05) is 50.2 Å². The molecule has 0 spiro atoms. The maximum absolute atomic E-state index is 12.3. The van der Waals surface area contributed by atoms with Gasteiger partial charge in [-0.1, -0.05) is 12.1 Å². The van der Waals surface area contributed by atoms with Gasteiger partial charge >= 0.3 is 6.03 Å². The van der Waals surface area contributed by atoms with E-state index in [9.17, 15) is 4.79 Å². The molecule has 2 heterocycles. The molecule has 2 aromatic rings. The van der Waals surface area contributed by atoms with Gasteiger partial charge < -0.3 is 24.1 Å². The number of nitrogens with zero attached hydrogens (tertiary/aromatic N) is 1. The highest BCUT2D eigenvalue weighted by Crippen LogP contribution is 2.30. The Labute approximate surface area is 141 Å². The highest BCUT2D eigenvalue weighted by atomic mass is 16.6. The van der Waals surface area contributed by atoms with Crippen LogP contribution >= 0.6 is 0 Å². The summed E-state index contributed by atoms with van der Waals surface area (Å²) in [5.41, 5.74) is 0. The minimum Gasteiger partial charge on any atom is -0.486 e. The van der Waals surface area contributed by atoms with E-state index in [0.29, 0.717) is 18.9 Å². The first-order chi connectivity index (χ1) is 11.5. The van der Waals surface area contributed by atoms with Gasteiger partial charge in [-0.2, -0.15) is 0 Å². The molecule has 1 aromatic heterocycles. The van der Waals surface area contributed by atoms with Gasteiger partial charge in [0.1, 0.15) is 18.1 Å². The van der Waals surface area contributed by atoms with Crippen LogP contribution in [0.4, 0.5) is 4.79 Å². The number of urea groups is 1. The molecule has 1 aromatic carbocycles. The lowest BCUT2D eigenvalue weighted by atomic mass is 10.2. The molecule has 0 fully saturated rings. The van der Waals surface area contributed by atoms with Gasteiger partial charge in [-0.05, 0) is 38.1 Å². The molecule has 0 saturated heterocycles. The quantitative estimate of drug-likeness (QED) is 0.935. The molecule has 2 amide bonds. The lowest BCUT2D eigenvalue weighted by Crippen LogP contribution is -2.46. The van der Waals surface area contributed by atoms with Gasteiger partial charge in [0.15, 0.2) is 17.6 Å². The van der Waals surface area contributed by atoms with Crippen LogP contribution in [0.1, 0.15) is 24.5 Å². The zero-order chi connectivity index (χ0) is 17.1. The van der Waals surface area contributed by atoms with Crippen LogP contribution in [0.15, 0.2) is 40.8 Å². The zero-order valence-electron chi connectivity index (χ0n) is 14.1. The van der Waals surface area contributed by atoms with Crippen LogP contribution in [0.3, 0.4) is 0 Å². The first-order valence-corrected chi connectivity index (χ1v) is 7.99. The fraction of sp³-hybridized carbons (Fsp3) is 0.389. The van der Waals surface area contributed by atoms with E-state index in [1.54, 1.807) is 11.9 Å². The number of fused-ring (bicyclic) bond motifs is 1. The van der Waals surface area contributed by atoms with Crippen molar-refractivity contribution in [3.8, 4) is 11.5 Å². The van der Waals surface area contributed by atoms with Crippen molar-refractivity contribution in [3.05, 3.63) is 47.9 Å². The van der Waals surface area contributed by atoms with E-state index in [-0.39, 0.29) is 18.2 Å². The molecule has 0 saturated carbocycles. The van der Waals surface area contributed by atoms with Crippen LogP contribution in [0.5, 0.6) is 11.5 Å². The molecular formula is C18H22N2O4. The molecule has 1 aliphatic heterocycles. The van der Waals surface area contributed by atoms with Gasteiger partial charge in [0.05, 0.1) is 12.6 Å². The van der Waals surface area contributed by atoms with Gasteiger partial charge in [-0.3, -0.25) is 0 Å². The molecule has 1 N–H and O–H groups in total. The SMILES string of the molecule is Cc1ccc([C@H](C)NC(=O)N(C)C[C@H]2COc3ccccc3O2)o1. The van der Waals surface area contributed by atoms with Gasteiger partial charge in [0.2, 0.25) is 0 Å². The Balaban J connectivity index is 1.53. The third-order valence-electron chi connectivity index (χ3n) is 3.92. The minimum absolute atomic E-state index is 0.181. The molecule has 6 nitrogen and oxygen atoms in total. The number of ether oxygens (including phenoxy) is 2. The Kier molecular flexibility index (Phi) is 4.64. The van der Waals surface area contributed by atoms with E-state index in [2.05, 4.69) is 5.32 Å². The minimum atomic E-state index is -0.197. The number of hydrogen-bond donors (Lipinski definition) is 1. The second-order valence-corrected chi connectivity index (χ2v) is 6.00. The number of furan rings is 1. The van der Waals surface area contributed by atoms with Crippen molar-refractivity contribution in [3.63, 3.8) is 0 Å². The van der Waals surface area contributed by atoms with Gasteiger partial charge in [-0.25, -0.2) is 4.79 Å². The summed E-state index contributed by atoms with van der Waals surface area (Å²) < 4.78 is 17.1. The largest absolute Gasteiger partial charge is 0.486 e. The van der Waals surface area contributed by atoms with Gasteiger partial charge in [0, 0.05) is 7.05 Å². The van der Waals surface area contributed by atoms with Crippen molar-refractivity contribution in [2.24, 2.45) is 0 Å². The molecule has 128 valence electrons. The summed E-state index contributed by atoms with van der Waals surface area (Å²) in [6.07, 6.45) is -0.197. The summed E-state index contributed by atoms with van der Waals surface area (Å²) in [5.74, 6) is 3.01. The second-order valence-electron chi connectivity index (χ2n) is 6.00. The number of amides is 2. The summed E-state index contributed by atoms with van der Waals surface area (Å²) in [4.78, 5) is 13.9. The smallest absolute Gasteiger partial charge is 0.317 e. The summed E-state index contributed by atoms with van der Waals surface area (Å²) in [6, 6.07) is 10.9. The van der Waals surface area contributed by atoms with Gasteiger partial charge in [-0.15, -0.1) is 0 Å². The number of likely N-dealkylation sites (N-methyl/N-ethyl adjacent to an activating group) is 1. The highest BCUT2D eigenvalue weighted by Gasteiger charge is 2.24. The van der Waals surface area contributed by atoms with Crippen LogP contribution in [-0.4, -0.2) is 37.2 Å². The maximum atomic E-state index is 12.3. The van der Waals surface area contributed by atoms with Gasteiger partial charge in [0.25, 0.3) is 0 Å². The van der Waals surface area contributed by atoms with Crippen molar-refractivity contribution in [2.45, 2.75) is 26.0 Å². The van der Waals surface area contributed by atoms with Crippen molar-refractivity contribution in [2.75, 3.05) is 20.2 Å². The van der Waals surface area contributed by atoms with Crippen LogP contribution in [-0.2, 0) is 0 Å². The third kappa shape index (κ3) is 3.64. The molecule has 24 heavy (non-hydrogen) atoms. The van der Waals surface area contributed by atoms with E-state index in [0.717, 1.165) is 17.3 Å². The van der Waals surface area contributed by atoms with E-state index in [1.165, 1.54) is 0 Å². The summed E-state index contributed by atoms with van der Waals surface area (Å²) in [5, 5.41) is 2.91. The average Bonchev–Trinajstić information content (AvgIpc) is 3.01. The second kappa shape index (κ2) is 6.86. The number of carbonyl (C=O) groups is 1. The Hall–Kier alpha value is -2.63. The lowest BCUT2D eigenvalue weighted by molar-refractivity contribution is 0.0712. The fourth-order valence-corrected chi connectivity index (χ4v) is 2.59. The zero-order valence-corrected chi connectivity index (χ0v) is 14.1. The number of hydrogen-bond acceptors (Lipinski definition) is 4. The van der Waals surface area contributed by atoms with Crippen LogP contribution in [0.2, 0.25) is 0 Å². The van der Waals surface area contributed by atoms with Crippen molar-refractivity contribution >= 4 is 6.03 Å². The third-order valence-corrected chi connectivity index (χ3v) is 3.92. The molecule has 0 radical (unpaired) electrons. The Bertz CT molecular complexity index is 713. The number of carbonyl (C=O) groups excluding carboxylic acids is 1. The lowest BCUT2D eigenvalue weighted by Gasteiger charge is -2.30. The number of rotatable bonds is 4. The van der Waals surface area contributed by atoms with Crippen LogP contribution in [0, 0.1) is 6.92 Å². The van der Waals surface area contributed by atoms with E-state index >= 15 is 0 Å². The molecule has 2 atom stereocenters. The topological polar surface area (TPSA) is 63.9 Å². The number of aryl methyl sites for hydroxylation is 1. The van der Waals surface area contributed by atoms with Crippen molar-refractivity contribution < 1.29 is 18.7 Å². The summed E-state index contributed by atoms with van der Waals surface area (Å²) in [6.45, 7) is 4.62. The van der Waals surface area contributed by atoms with Crippen LogP contribution in [0.25, 0.3) is 0 Å². The molecule has 0 unspecified atom stereocenters. The van der Waals surface area contributed by atoms with Crippen molar-refractivity contribution in [1.29, 1.82) is 0 Å².